The van der Waals surface area contributed by atoms with Crippen LogP contribution in [-0.2, 0) is 6.54 Å². The van der Waals surface area contributed by atoms with Gasteiger partial charge in [0.25, 0.3) is 0 Å². The number of aliphatic hydroxyl groups excluding tert-OH is 1. The maximum atomic E-state index is 10.0. The van der Waals surface area contributed by atoms with Crippen molar-refractivity contribution < 1.29 is 5.11 Å². The summed E-state index contributed by atoms with van der Waals surface area (Å²) in [6.07, 6.45) is -0.449. The zero-order chi connectivity index (χ0) is 12.8. The SMILES string of the molecule is Cc1ccccc1CNC[C@@H](O)c1ccccc1. The molecule has 2 rings (SSSR count). The minimum Gasteiger partial charge on any atom is -0.387 e. The van der Waals surface area contributed by atoms with Gasteiger partial charge in [-0.15, -0.1) is 0 Å². The molecule has 0 saturated heterocycles. The molecule has 0 aliphatic heterocycles. The fraction of sp³-hybridized carbons (Fsp3) is 0.250. The van der Waals surface area contributed by atoms with Crippen molar-refractivity contribution in [2.45, 2.75) is 19.6 Å². The minimum absolute atomic E-state index is 0.449. The molecule has 2 aromatic rings. The maximum Gasteiger partial charge on any atom is 0.0914 e. The number of benzene rings is 2. The van der Waals surface area contributed by atoms with E-state index in [0.717, 1.165) is 12.1 Å². The molecule has 2 N–H and O–H groups in total. The summed E-state index contributed by atoms with van der Waals surface area (Å²) in [4.78, 5) is 0. The number of hydrogen-bond donors (Lipinski definition) is 2. The van der Waals surface area contributed by atoms with Crippen LogP contribution in [0.4, 0.5) is 0 Å². The molecule has 0 fully saturated rings. The lowest BCUT2D eigenvalue weighted by molar-refractivity contribution is 0.174. The lowest BCUT2D eigenvalue weighted by Gasteiger charge is -2.13. The molecule has 0 aromatic heterocycles. The van der Waals surface area contributed by atoms with Gasteiger partial charge in [-0.25, -0.2) is 0 Å². The van der Waals surface area contributed by atoms with E-state index in [4.69, 9.17) is 0 Å². The molecule has 0 saturated carbocycles. The molecule has 0 radical (unpaired) electrons. The Kier molecular flexibility index (Phi) is 4.51. The Morgan fingerprint density at radius 1 is 1.00 bits per heavy atom. The predicted molar refractivity (Wildman–Crippen MR) is 74.3 cm³/mol. The molecule has 2 aromatic carbocycles. The molecule has 0 bridgehead atoms. The Bertz CT molecular complexity index is 481. The largest absolute Gasteiger partial charge is 0.387 e. The Morgan fingerprint density at radius 3 is 2.39 bits per heavy atom. The minimum atomic E-state index is -0.449. The van der Waals surface area contributed by atoms with Crippen LogP contribution in [0.2, 0.25) is 0 Å². The average molecular weight is 241 g/mol. The number of rotatable bonds is 5. The molecule has 0 unspecified atom stereocenters. The summed E-state index contributed by atoms with van der Waals surface area (Å²) >= 11 is 0. The second-order valence-corrected chi connectivity index (χ2v) is 4.48. The van der Waals surface area contributed by atoms with Crippen molar-refractivity contribution in [2.75, 3.05) is 6.54 Å². The van der Waals surface area contributed by atoms with Gasteiger partial charge in [-0.3, -0.25) is 0 Å². The standard InChI is InChI=1S/C16H19NO/c1-13-7-5-6-10-15(13)11-17-12-16(18)14-8-3-2-4-9-14/h2-10,16-18H,11-12H2,1H3/t16-/m1/s1. The first-order chi connectivity index (χ1) is 8.77. The number of nitrogens with one attached hydrogen (secondary N) is 1. The highest BCUT2D eigenvalue weighted by Gasteiger charge is 2.06. The van der Waals surface area contributed by atoms with Crippen molar-refractivity contribution in [2.24, 2.45) is 0 Å². The van der Waals surface area contributed by atoms with E-state index in [1.165, 1.54) is 11.1 Å². The van der Waals surface area contributed by atoms with Crippen LogP contribution in [0.15, 0.2) is 54.6 Å². The third-order valence-corrected chi connectivity index (χ3v) is 3.10. The van der Waals surface area contributed by atoms with E-state index in [-0.39, 0.29) is 0 Å². The van der Waals surface area contributed by atoms with Crippen LogP contribution in [0.3, 0.4) is 0 Å². The van der Waals surface area contributed by atoms with Gasteiger partial charge in [-0.05, 0) is 23.6 Å². The summed E-state index contributed by atoms with van der Waals surface area (Å²) < 4.78 is 0. The van der Waals surface area contributed by atoms with E-state index in [9.17, 15) is 5.11 Å². The van der Waals surface area contributed by atoms with E-state index in [1.54, 1.807) is 0 Å². The summed E-state index contributed by atoms with van der Waals surface area (Å²) in [6.45, 7) is 3.46. The van der Waals surface area contributed by atoms with Crippen molar-refractivity contribution in [3.05, 3.63) is 71.3 Å². The van der Waals surface area contributed by atoms with Crippen LogP contribution in [0, 0.1) is 6.92 Å². The van der Waals surface area contributed by atoms with E-state index in [2.05, 4.69) is 24.4 Å². The van der Waals surface area contributed by atoms with Gasteiger partial charge in [0.05, 0.1) is 6.10 Å². The normalized spacial score (nSPS) is 12.3. The van der Waals surface area contributed by atoms with Crippen LogP contribution in [-0.4, -0.2) is 11.7 Å². The Hall–Kier alpha value is -1.64. The molecule has 18 heavy (non-hydrogen) atoms. The topological polar surface area (TPSA) is 32.3 Å². The average Bonchev–Trinajstić information content (AvgIpc) is 2.42. The number of aryl methyl sites for hydroxylation is 1. The smallest absolute Gasteiger partial charge is 0.0914 e. The van der Waals surface area contributed by atoms with Gasteiger partial charge in [0, 0.05) is 13.1 Å². The van der Waals surface area contributed by atoms with Crippen molar-refractivity contribution in [1.82, 2.24) is 5.32 Å². The second kappa shape index (κ2) is 6.34. The molecule has 0 spiro atoms. The summed E-state index contributed by atoms with van der Waals surface area (Å²) in [5.41, 5.74) is 3.51. The maximum absolute atomic E-state index is 10.0. The van der Waals surface area contributed by atoms with Crippen molar-refractivity contribution in [1.29, 1.82) is 0 Å². The molecule has 2 nitrogen and oxygen atoms in total. The lowest BCUT2D eigenvalue weighted by atomic mass is 10.1. The van der Waals surface area contributed by atoms with Gasteiger partial charge in [-0.2, -0.15) is 0 Å². The molecule has 94 valence electrons. The van der Waals surface area contributed by atoms with Gasteiger partial charge >= 0.3 is 0 Å². The molecule has 1 atom stereocenters. The molecule has 2 heteroatoms. The van der Waals surface area contributed by atoms with Gasteiger partial charge in [-0.1, -0.05) is 54.6 Å². The monoisotopic (exact) mass is 241 g/mol. The van der Waals surface area contributed by atoms with Crippen molar-refractivity contribution in [3.8, 4) is 0 Å². The van der Waals surface area contributed by atoms with E-state index in [0.29, 0.717) is 6.54 Å². The summed E-state index contributed by atoms with van der Waals surface area (Å²) in [5, 5.41) is 13.3. The molecule has 0 amide bonds. The van der Waals surface area contributed by atoms with Crippen LogP contribution in [0.1, 0.15) is 22.8 Å². The third kappa shape index (κ3) is 3.42. The lowest BCUT2D eigenvalue weighted by Crippen LogP contribution is -2.21. The molecular weight excluding hydrogens is 222 g/mol. The van der Waals surface area contributed by atoms with Gasteiger partial charge < -0.3 is 10.4 Å². The van der Waals surface area contributed by atoms with Gasteiger partial charge in [0.15, 0.2) is 0 Å². The number of aliphatic hydroxyl groups is 1. The van der Waals surface area contributed by atoms with Gasteiger partial charge in [0.1, 0.15) is 0 Å². The van der Waals surface area contributed by atoms with Crippen LogP contribution in [0.5, 0.6) is 0 Å². The van der Waals surface area contributed by atoms with E-state index in [1.807, 2.05) is 42.5 Å². The first kappa shape index (κ1) is 12.8. The molecule has 0 heterocycles. The quantitative estimate of drug-likeness (QED) is 0.843. The highest BCUT2D eigenvalue weighted by Crippen LogP contribution is 2.11. The van der Waals surface area contributed by atoms with E-state index < -0.39 is 6.10 Å². The number of hydrogen-bond acceptors (Lipinski definition) is 2. The zero-order valence-corrected chi connectivity index (χ0v) is 10.6. The summed E-state index contributed by atoms with van der Waals surface area (Å²) in [6, 6.07) is 18.0. The fourth-order valence-electron chi connectivity index (χ4n) is 1.95. The van der Waals surface area contributed by atoms with Crippen LogP contribution >= 0.6 is 0 Å². The second-order valence-electron chi connectivity index (χ2n) is 4.48. The Balaban J connectivity index is 1.84. The van der Waals surface area contributed by atoms with Gasteiger partial charge in [0.2, 0.25) is 0 Å². The molecule has 0 aliphatic rings. The zero-order valence-electron chi connectivity index (χ0n) is 10.6. The van der Waals surface area contributed by atoms with Crippen molar-refractivity contribution in [3.63, 3.8) is 0 Å². The first-order valence-corrected chi connectivity index (χ1v) is 6.25. The predicted octanol–water partition coefficient (Wildman–Crippen LogP) is 2.82. The van der Waals surface area contributed by atoms with E-state index >= 15 is 0 Å². The highest BCUT2D eigenvalue weighted by atomic mass is 16.3. The first-order valence-electron chi connectivity index (χ1n) is 6.25. The van der Waals surface area contributed by atoms with Crippen molar-refractivity contribution >= 4 is 0 Å². The Morgan fingerprint density at radius 2 is 1.67 bits per heavy atom. The third-order valence-electron chi connectivity index (χ3n) is 3.10. The van der Waals surface area contributed by atoms with Crippen LogP contribution in [0.25, 0.3) is 0 Å². The summed E-state index contributed by atoms with van der Waals surface area (Å²) in [5.74, 6) is 0. The fourth-order valence-corrected chi connectivity index (χ4v) is 1.95. The Labute approximate surface area is 108 Å². The molecular formula is C16H19NO. The highest BCUT2D eigenvalue weighted by molar-refractivity contribution is 5.25. The molecule has 0 aliphatic carbocycles. The summed E-state index contributed by atoms with van der Waals surface area (Å²) in [7, 11) is 0. The van der Waals surface area contributed by atoms with Crippen LogP contribution < -0.4 is 5.32 Å².